The summed E-state index contributed by atoms with van der Waals surface area (Å²) in [7, 11) is 0. The molecule has 1 heterocycles. The minimum absolute atomic E-state index is 0.00283. The molecule has 4 aromatic rings. The maximum Gasteiger partial charge on any atom is 0.277 e. The zero-order chi connectivity index (χ0) is 22.5. The molecule has 0 atom stereocenters. The van der Waals surface area contributed by atoms with Crippen LogP contribution in [0, 0.1) is 11.3 Å². The fraction of sp³-hybridized carbons (Fsp3) is 0.125. The fourth-order valence-electron chi connectivity index (χ4n) is 3.40. The first-order valence-corrected chi connectivity index (χ1v) is 10.3. The Hall–Kier alpha value is -4.02. The van der Waals surface area contributed by atoms with Gasteiger partial charge < -0.3 is 4.90 Å². The molecule has 4 rings (SSSR count). The number of carbonyl (C=O) groups excluding carboxylic acids is 1. The molecule has 8 heteroatoms. The number of fused-ring (bicyclic) bond motifs is 1. The Morgan fingerprint density at radius 1 is 1.06 bits per heavy atom. The van der Waals surface area contributed by atoms with Crippen LogP contribution in [0.1, 0.15) is 17.5 Å². The number of halogens is 1. The summed E-state index contributed by atoms with van der Waals surface area (Å²) in [5.74, 6) is -0.269. The lowest BCUT2D eigenvalue weighted by atomic mass is 10.1. The van der Waals surface area contributed by atoms with E-state index >= 15 is 0 Å². The molecule has 0 radical (unpaired) electrons. The van der Waals surface area contributed by atoms with Gasteiger partial charge in [0.15, 0.2) is 0 Å². The van der Waals surface area contributed by atoms with Crippen LogP contribution in [-0.2, 0) is 17.9 Å². The Labute approximate surface area is 189 Å². The summed E-state index contributed by atoms with van der Waals surface area (Å²) in [5.41, 5.74) is 1.85. The molecule has 0 aliphatic rings. The van der Waals surface area contributed by atoms with Crippen molar-refractivity contribution in [2.24, 2.45) is 0 Å². The molecule has 1 aromatic heterocycles. The van der Waals surface area contributed by atoms with Crippen LogP contribution in [0.15, 0.2) is 77.6 Å². The van der Waals surface area contributed by atoms with Crippen LogP contribution in [0.2, 0.25) is 5.02 Å². The van der Waals surface area contributed by atoms with Gasteiger partial charge in [0.1, 0.15) is 11.6 Å². The van der Waals surface area contributed by atoms with E-state index in [1.165, 1.54) is 9.58 Å². The van der Waals surface area contributed by atoms with Crippen molar-refractivity contribution in [3.05, 3.63) is 99.3 Å². The van der Waals surface area contributed by atoms with Crippen LogP contribution in [0.5, 0.6) is 0 Å². The Morgan fingerprint density at radius 3 is 2.59 bits per heavy atom. The van der Waals surface area contributed by atoms with E-state index in [0.717, 1.165) is 5.56 Å². The maximum absolute atomic E-state index is 13.3. The summed E-state index contributed by atoms with van der Waals surface area (Å²) in [4.78, 5) is 27.5. The summed E-state index contributed by atoms with van der Waals surface area (Å²) in [6, 6.07) is 23.3. The molecule has 3 aromatic carbocycles. The Bertz CT molecular complexity index is 1380. The van der Waals surface area contributed by atoms with E-state index < -0.39 is 0 Å². The van der Waals surface area contributed by atoms with E-state index in [0.29, 0.717) is 27.2 Å². The third-order valence-corrected chi connectivity index (χ3v) is 5.26. The van der Waals surface area contributed by atoms with E-state index in [4.69, 9.17) is 11.6 Å². The number of aryl methyl sites for hydroxylation is 1. The highest BCUT2D eigenvalue weighted by atomic mass is 35.5. The first-order chi connectivity index (χ1) is 15.6. The maximum atomic E-state index is 13.3. The topological polar surface area (TPSA) is 91.9 Å². The standard InChI is InChI=1S/C24H18ClN5O2/c25-19-11-10-18(15-26)22(14-19)29(16-17-6-2-1-3-7-17)23(31)12-13-30-24(32)20-8-4-5-9-21(20)27-28-30/h1-11,14H,12-13,16H2. The highest BCUT2D eigenvalue weighted by Gasteiger charge is 2.20. The average molecular weight is 444 g/mol. The van der Waals surface area contributed by atoms with Crippen molar-refractivity contribution in [3.63, 3.8) is 0 Å². The summed E-state index contributed by atoms with van der Waals surface area (Å²) in [5, 5.41) is 18.4. The van der Waals surface area contributed by atoms with Gasteiger partial charge in [0, 0.05) is 11.4 Å². The van der Waals surface area contributed by atoms with E-state index in [9.17, 15) is 14.9 Å². The summed E-state index contributed by atoms with van der Waals surface area (Å²) in [6.07, 6.45) is -0.00283. The van der Waals surface area contributed by atoms with Crippen LogP contribution in [0.3, 0.4) is 0 Å². The lowest BCUT2D eigenvalue weighted by molar-refractivity contribution is -0.119. The average Bonchev–Trinajstić information content (AvgIpc) is 2.83. The molecule has 0 spiro atoms. The van der Waals surface area contributed by atoms with Gasteiger partial charge in [-0.25, -0.2) is 4.68 Å². The number of aromatic nitrogens is 3. The van der Waals surface area contributed by atoms with Crippen LogP contribution in [0.25, 0.3) is 10.9 Å². The van der Waals surface area contributed by atoms with Crippen molar-refractivity contribution >= 4 is 34.1 Å². The number of hydrogen-bond donors (Lipinski definition) is 0. The lowest BCUT2D eigenvalue weighted by Gasteiger charge is -2.24. The highest BCUT2D eigenvalue weighted by molar-refractivity contribution is 6.31. The molecule has 0 N–H and O–H groups in total. The lowest BCUT2D eigenvalue weighted by Crippen LogP contribution is -2.33. The highest BCUT2D eigenvalue weighted by Crippen LogP contribution is 2.27. The summed E-state index contributed by atoms with van der Waals surface area (Å²) >= 11 is 6.16. The molecule has 158 valence electrons. The second-order valence-corrected chi connectivity index (χ2v) is 7.56. The summed E-state index contributed by atoms with van der Waals surface area (Å²) < 4.78 is 1.18. The molecule has 0 unspecified atom stereocenters. The van der Waals surface area contributed by atoms with E-state index in [1.54, 1.807) is 42.5 Å². The van der Waals surface area contributed by atoms with Gasteiger partial charge in [-0.3, -0.25) is 9.59 Å². The number of benzene rings is 3. The molecule has 32 heavy (non-hydrogen) atoms. The quantitative estimate of drug-likeness (QED) is 0.450. The first kappa shape index (κ1) is 21.2. The largest absolute Gasteiger partial charge is 0.307 e. The van der Waals surface area contributed by atoms with Crippen molar-refractivity contribution in [2.75, 3.05) is 4.90 Å². The Balaban J connectivity index is 1.64. The van der Waals surface area contributed by atoms with Gasteiger partial charge >= 0.3 is 0 Å². The normalized spacial score (nSPS) is 10.6. The number of hydrogen-bond acceptors (Lipinski definition) is 5. The van der Waals surface area contributed by atoms with Crippen molar-refractivity contribution in [1.29, 1.82) is 5.26 Å². The van der Waals surface area contributed by atoms with Crippen molar-refractivity contribution in [2.45, 2.75) is 19.5 Å². The smallest absolute Gasteiger partial charge is 0.277 e. The molecule has 0 saturated heterocycles. The van der Waals surface area contributed by atoms with Gasteiger partial charge in [-0.15, -0.1) is 5.10 Å². The number of nitrogens with zero attached hydrogens (tertiary/aromatic N) is 5. The van der Waals surface area contributed by atoms with Crippen molar-refractivity contribution in [1.82, 2.24) is 15.0 Å². The second kappa shape index (κ2) is 9.41. The molecule has 0 saturated carbocycles. The predicted molar refractivity (Wildman–Crippen MR) is 122 cm³/mol. The number of nitriles is 1. The zero-order valence-corrected chi connectivity index (χ0v) is 17.7. The monoisotopic (exact) mass is 443 g/mol. The van der Waals surface area contributed by atoms with E-state index in [-0.39, 0.29) is 31.0 Å². The van der Waals surface area contributed by atoms with Gasteiger partial charge in [0.25, 0.3) is 5.56 Å². The number of rotatable bonds is 6. The Morgan fingerprint density at radius 2 is 1.81 bits per heavy atom. The van der Waals surface area contributed by atoms with Gasteiger partial charge in [-0.05, 0) is 35.9 Å². The van der Waals surface area contributed by atoms with Crippen LogP contribution in [-0.4, -0.2) is 20.9 Å². The van der Waals surface area contributed by atoms with Gasteiger partial charge in [0.2, 0.25) is 5.91 Å². The van der Waals surface area contributed by atoms with Crippen molar-refractivity contribution < 1.29 is 4.79 Å². The predicted octanol–water partition coefficient (Wildman–Crippen LogP) is 3.94. The zero-order valence-electron chi connectivity index (χ0n) is 17.0. The van der Waals surface area contributed by atoms with Gasteiger partial charge in [0.05, 0.1) is 29.7 Å². The number of carbonyl (C=O) groups is 1. The minimum atomic E-state index is -0.307. The summed E-state index contributed by atoms with van der Waals surface area (Å²) in [6.45, 7) is 0.316. The first-order valence-electron chi connectivity index (χ1n) is 9.93. The van der Waals surface area contributed by atoms with Crippen LogP contribution < -0.4 is 10.5 Å². The van der Waals surface area contributed by atoms with Crippen molar-refractivity contribution in [3.8, 4) is 6.07 Å². The van der Waals surface area contributed by atoms with Gasteiger partial charge in [-0.2, -0.15) is 5.26 Å². The molecule has 0 fully saturated rings. The molecular weight excluding hydrogens is 426 g/mol. The SMILES string of the molecule is N#Cc1ccc(Cl)cc1N(Cc1ccccc1)C(=O)CCn1nnc2ccccc2c1=O. The number of anilines is 1. The van der Waals surface area contributed by atoms with E-state index in [2.05, 4.69) is 16.4 Å². The second-order valence-electron chi connectivity index (χ2n) is 7.12. The van der Waals surface area contributed by atoms with E-state index in [1.807, 2.05) is 30.3 Å². The number of amides is 1. The third kappa shape index (κ3) is 4.51. The fourth-order valence-corrected chi connectivity index (χ4v) is 3.57. The molecule has 1 amide bonds. The van der Waals surface area contributed by atoms with Crippen LogP contribution in [0.4, 0.5) is 5.69 Å². The molecule has 7 nitrogen and oxygen atoms in total. The molecule has 0 aliphatic heterocycles. The molecule has 0 aliphatic carbocycles. The third-order valence-electron chi connectivity index (χ3n) is 5.02. The molecular formula is C24H18ClN5O2. The molecule has 0 bridgehead atoms. The minimum Gasteiger partial charge on any atom is -0.307 e. The van der Waals surface area contributed by atoms with Crippen LogP contribution >= 0.6 is 11.6 Å². The Kier molecular flexibility index (Phi) is 6.24. The van der Waals surface area contributed by atoms with Gasteiger partial charge in [-0.1, -0.05) is 59.3 Å².